The van der Waals surface area contributed by atoms with E-state index in [1.165, 1.54) is 11.8 Å². The number of aromatic nitrogens is 3. The average Bonchev–Trinajstić information content (AvgIpc) is 2.68. The maximum atomic E-state index is 12.7. The molecule has 1 aliphatic heterocycles. The van der Waals surface area contributed by atoms with Crippen LogP contribution in [0.1, 0.15) is 16.1 Å². The molecule has 1 aromatic carbocycles. The van der Waals surface area contributed by atoms with E-state index in [0.29, 0.717) is 18.0 Å². The highest BCUT2D eigenvalue weighted by Gasteiger charge is 2.26. The Hall–Kier alpha value is -2.77. The number of ketones is 1. The highest BCUT2D eigenvalue weighted by molar-refractivity contribution is 7.99. The highest BCUT2D eigenvalue weighted by atomic mass is 32.2. The van der Waals surface area contributed by atoms with Gasteiger partial charge in [0.25, 0.3) is 0 Å². The number of pyridine rings is 1. The fourth-order valence-corrected chi connectivity index (χ4v) is 3.64. The number of fused-ring (bicyclic) bond motifs is 2. The van der Waals surface area contributed by atoms with Crippen LogP contribution in [-0.2, 0) is 4.74 Å². The standard InChI is InChI=1S/C18H14N4O2S/c1-24-11-22-14-10-12(16(23)13-4-2-3-7-19-13)5-6-15(14)25-18-17(22)20-8-9-21-18/h2-10H,11H2,1H3. The van der Waals surface area contributed by atoms with Gasteiger partial charge in [0.05, 0.1) is 5.69 Å². The second-order valence-electron chi connectivity index (χ2n) is 5.36. The molecule has 0 fully saturated rings. The molecule has 0 spiro atoms. The Balaban J connectivity index is 1.77. The van der Waals surface area contributed by atoms with E-state index in [1.807, 2.05) is 23.1 Å². The van der Waals surface area contributed by atoms with Crippen molar-refractivity contribution >= 4 is 29.1 Å². The minimum Gasteiger partial charge on any atom is -0.364 e. The number of methoxy groups -OCH3 is 1. The molecule has 1 aliphatic rings. The third-order valence-corrected chi connectivity index (χ3v) is 4.82. The Morgan fingerprint density at radius 2 is 2.00 bits per heavy atom. The van der Waals surface area contributed by atoms with Crippen LogP contribution in [0.15, 0.2) is 64.9 Å². The van der Waals surface area contributed by atoms with Crippen molar-refractivity contribution in [3.8, 4) is 0 Å². The summed E-state index contributed by atoms with van der Waals surface area (Å²) >= 11 is 1.53. The molecule has 4 rings (SSSR count). The zero-order chi connectivity index (χ0) is 17.2. The van der Waals surface area contributed by atoms with Crippen molar-refractivity contribution in [1.82, 2.24) is 15.0 Å². The summed E-state index contributed by atoms with van der Waals surface area (Å²) in [6.07, 6.45) is 4.93. The molecule has 7 heteroatoms. The normalized spacial score (nSPS) is 12.4. The van der Waals surface area contributed by atoms with E-state index in [2.05, 4.69) is 15.0 Å². The van der Waals surface area contributed by atoms with Crippen molar-refractivity contribution in [2.75, 3.05) is 18.7 Å². The molecule has 25 heavy (non-hydrogen) atoms. The molecule has 0 amide bonds. The van der Waals surface area contributed by atoms with Crippen LogP contribution >= 0.6 is 11.8 Å². The zero-order valence-electron chi connectivity index (χ0n) is 13.4. The van der Waals surface area contributed by atoms with Crippen molar-refractivity contribution in [1.29, 1.82) is 0 Å². The lowest BCUT2D eigenvalue weighted by atomic mass is 10.1. The Labute approximate surface area is 148 Å². The summed E-state index contributed by atoms with van der Waals surface area (Å²) in [5.74, 6) is 0.611. The fraction of sp³-hybridized carbons (Fsp3) is 0.111. The van der Waals surface area contributed by atoms with Crippen molar-refractivity contribution in [3.63, 3.8) is 0 Å². The summed E-state index contributed by atoms with van der Waals surface area (Å²) < 4.78 is 5.33. The molecule has 0 unspecified atom stereocenters. The van der Waals surface area contributed by atoms with Gasteiger partial charge in [0, 0.05) is 36.2 Å². The molecule has 0 saturated carbocycles. The molecule has 0 radical (unpaired) electrons. The first-order valence-electron chi connectivity index (χ1n) is 7.63. The van der Waals surface area contributed by atoms with Crippen molar-refractivity contribution in [2.45, 2.75) is 9.92 Å². The molecule has 0 atom stereocenters. The first-order valence-corrected chi connectivity index (χ1v) is 8.44. The number of nitrogens with zero attached hydrogens (tertiary/aromatic N) is 4. The van der Waals surface area contributed by atoms with Crippen LogP contribution in [0.4, 0.5) is 11.5 Å². The molecule has 0 bridgehead atoms. The molecular formula is C18H14N4O2S. The number of carbonyl (C=O) groups excluding carboxylic acids is 1. The van der Waals surface area contributed by atoms with Gasteiger partial charge >= 0.3 is 0 Å². The van der Waals surface area contributed by atoms with Crippen molar-refractivity contribution < 1.29 is 9.53 Å². The number of benzene rings is 1. The molecule has 6 nitrogen and oxygen atoms in total. The van der Waals surface area contributed by atoms with Crippen LogP contribution in [0.3, 0.4) is 0 Å². The minimum absolute atomic E-state index is 0.115. The number of rotatable bonds is 4. The first-order chi connectivity index (χ1) is 12.3. The molecule has 2 aromatic heterocycles. The van der Waals surface area contributed by atoms with E-state index < -0.39 is 0 Å². The van der Waals surface area contributed by atoms with Gasteiger partial charge in [-0.15, -0.1) is 0 Å². The van der Waals surface area contributed by atoms with Gasteiger partial charge in [0.1, 0.15) is 17.5 Å². The monoisotopic (exact) mass is 350 g/mol. The second-order valence-corrected chi connectivity index (χ2v) is 6.39. The van der Waals surface area contributed by atoms with Crippen LogP contribution < -0.4 is 4.90 Å². The quantitative estimate of drug-likeness (QED) is 0.669. The number of hydrogen-bond acceptors (Lipinski definition) is 7. The van der Waals surface area contributed by atoms with E-state index in [9.17, 15) is 4.79 Å². The molecule has 3 heterocycles. The summed E-state index contributed by atoms with van der Waals surface area (Å²) in [6, 6.07) is 10.9. The lowest BCUT2D eigenvalue weighted by Crippen LogP contribution is -2.25. The first kappa shape index (κ1) is 15.7. The number of carbonyl (C=O) groups is 1. The van der Waals surface area contributed by atoms with E-state index in [-0.39, 0.29) is 5.78 Å². The van der Waals surface area contributed by atoms with Gasteiger partial charge in [-0.1, -0.05) is 17.8 Å². The molecule has 0 N–H and O–H groups in total. The number of hydrogen-bond donors (Lipinski definition) is 0. The molecule has 0 saturated heterocycles. The summed E-state index contributed by atoms with van der Waals surface area (Å²) in [6.45, 7) is 0.320. The number of ether oxygens (including phenoxy) is 1. The lowest BCUT2D eigenvalue weighted by Gasteiger charge is -2.30. The van der Waals surface area contributed by atoms with Crippen molar-refractivity contribution in [3.05, 3.63) is 66.2 Å². The second kappa shape index (κ2) is 6.62. The molecule has 0 aliphatic carbocycles. The highest BCUT2D eigenvalue weighted by Crippen LogP contribution is 2.46. The third kappa shape index (κ3) is 2.88. The zero-order valence-corrected chi connectivity index (χ0v) is 14.2. The SMILES string of the molecule is COCN1c2cc(C(=O)c3ccccn3)ccc2Sc2nccnc21. The van der Waals surface area contributed by atoms with E-state index >= 15 is 0 Å². The summed E-state index contributed by atoms with van der Waals surface area (Å²) in [4.78, 5) is 28.6. The average molecular weight is 350 g/mol. The predicted molar refractivity (Wildman–Crippen MR) is 94.3 cm³/mol. The predicted octanol–water partition coefficient (Wildman–Crippen LogP) is 3.31. The summed E-state index contributed by atoms with van der Waals surface area (Å²) in [5, 5.41) is 0.816. The Bertz CT molecular complexity index is 933. The van der Waals surface area contributed by atoms with Gasteiger partial charge in [-0.25, -0.2) is 9.97 Å². The van der Waals surface area contributed by atoms with Gasteiger partial charge in [0.15, 0.2) is 5.82 Å². The van der Waals surface area contributed by atoms with Crippen LogP contribution in [0.2, 0.25) is 0 Å². The van der Waals surface area contributed by atoms with E-state index in [0.717, 1.165) is 21.4 Å². The van der Waals surface area contributed by atoms with Gasteiger partial charge < -0.3 is 4.74 Å². The van der Waals surface area contributed by atoms with Crippen LogP contribution in [0.5, 0.6) is 0 Å². The van der Waals surface area contributed by atoms with Crippen LogP contribution in [-0.4, -0.2) is 34.6 Å². The Morgan fingerprint density at radius 1 is 1.12 bits per heavy atom. The Morgan fingerprint density at radius 3 is 2.80 bits per heavy atom. The van der Waals surface area contributed by atoms with E-state index in [1.54, 1.807) is 43.9 Å². The largest absolute Gasteiger partial charge is 0.364 e. The number of anilines is 2. The lowest BCUT2D eigenvalue weighted by molar-refractivity contribution is 0.103. The summed E-state index contributed by atoms with van der Waals surface area (Å²) in [5.41, 5.74) is 1.87. The smallest absolute Gasteiger partial charge is 0.211 e. The summed E-state index contributed by atoms with van der Waals surface area (Å²) in [7, 11) is 1.63. The third-order valence-electron chi connectivity index (χ3n) is 3.78. The van der Waals surface area contributed by atoms with Crippen LogP contribution in [0.25, 0.3) is 0 Å². The molecule has 124 valence electrons. The van der Waals surface area contributed by atoms with Gasteiger partial charge in [-0.05, 0) is 30.3 Å². The van der Waals surface area contributed by atoms with Crippen molar-refractivity contribution in [2.24, 2.45) is 0 Å². The maximum absolute atomic E-state index is 12.7. The van der Waals surface area contributed by atoms with Gasteiger partial charge in [0.2, 0.25) is 5.78 Å². The van der Waals surface area contributed by atoms with Gasteiger partial charge in [-0.3, -0.25) is 14.7 Å². The van der Waals surface area contributed by atoms with Gasteiger partial charge in [-0.2, -0.15) is 0 Å². The molecule has 3 aromatic rings. The maximum Gasteiger partial charge on any atom is 0.211 e. The fourth-order valence-electron chi connectivity index (χ4n) is 2.65. The molecular weight excluding hydrogens is 336 g/mol. The van der Waals surface area contributed by atoms with E-state index in [4.69, 9.17) is 4.74 Å². The van der Waals surface area contributed by atoms with Crippen LogP contribution in [0, 0.1) is 0 Å². The Kier molecular flexibility index (Phi) is 4.17. The topological polar surface area (TPSA) is 68.2 Å². The minimum atomic E-state index is -0.115.